The van der Waals surface area contributed by atoms with Gasteiger partial charge in [-0.1, -0.05) is 25.4 Å². The Morgan fingerprint density at radius 1 is 1.23 bits per heavy atom. The summed E-state index contributed by atoms with van der Waals surface area (Å²) in [5.41, 5.74) is -0.00274. The molecule has 0 radical (unpaired) electrons. The Balaban J connectivity index is 2.14. The van der Waals surface area contributed by atoms with E-state index in [1.165, 1.54) is 22.5 Å². The first-order valence-electron chi connectivity index (χ1n) is 9.83. The molecule has 1 aliphatic heterocycles. The Kier molecular flexibility index (Phi) is 8.27. The van der Waals surface area contributed by atoms with Gasteiger partial charge in [-0.2, -0.15) is 4.31 Å². The maximum absolute atomic E-state index is 13.1. The summed E-state index contributed by atoms with van der Waals surface area (Å²) in [5.74, 6) is -0.999. The molecule has 3 atom stereocenters. The second-order valence-electron chi connectivity index (χ2n) is 7.90. The van der Waals surface area contributed by atoms with Crippen LogP contribution < -0.4 is 5.32 Å². The molecular weight excluding hydrogens is 432 g/mol. The van der Waals surface area contributed by atoms with Crippen LogP contribution in [0, 0.1) is 5.92 Å². The molecule has 30 heavy (non-hydrogen) atoms. The number of carbonyl (C=O) groups excluding carboxylic acids is 2. The molecule has 1 aliphatic rings. The highest BCUT2D eigenvalue weighted by Gasteiger charge is 2.34. The highest BCUT2D eigenvalue weighted by atomic mass is 35.5. The number of hydrogen-bond donors (Lipinski definition) is 1. The third-order valence-corrected chi connectivity index (χ3v) is 7.21. The predicted molar refractivity (Wildman–Crippen MR) is 113 cm³/mol. The van der Waals surface area contributed by atoms with Crippen molar-refractivity contribution in [3.63, 3.8) is 0 Å². The lowest BCUT2D eigenvalue weighted by atomic mass is 10.1. The molecule has 1 N–H and O–H groups in total. The minimum absolute atomic E-state index is 0.00171. The van der Waals surface area contributed by atoms with E-state index in [4.69, 9.17) is 21.1 Å². The number of morpholine rings is 1. The summed E-state index contributed by atoms with van der Waals surface area (Å²) < 4.78 is 38.1. The van der Waals surface area contributed by atoms with Crippen molar-refractivity contribution >= 4 is 33.5 Å². The van der Waals surface area contributed by atoms with E-state index in [0.717, 1.165) is 0 Å². The summed E-state index contributed by atoms with van der Waals surface area (Å²) >= 11 is 6.14. The van der Waals surface area contributed by atoms with E-state index in [1.807, 2.05) is 20.8 Å². The van der Waals surface area contributed by atoms with Gasteiger partial charge >= 0.3 is 5.97 Å². The molecule has 1 heterocycles. The van der Waals surface area contributed by atoms with Crippen molar-refractivity contribution in [2.75, 3.05) is 19.7 Å². The first-order valence-corrected chi connectivity index (χ1v) is 11.6. The maximum atomic E-state index is 13.1. The lowest BCUT2D eigenvalue weighted by molar-refractivity contribution is -0.125. The predicted octanol–water partition coefficient (Wildman–Crippen LogP) is 2.46. The molecule has 1 saturated heterocycles. The van der Waals surface area contributed by atoms with Gasteiger partial charge in [0.1, 0.15) is 4.90 Å². The standard InChI is InChI=1S/C20H29ClN2O6S/c1-12(2)15(5)22-19(24)11-28-20(25)16-6-7-17(21)18(8-16)30(26,27)23-9-13(3)29-14(4)10-23/h6-8,12-15H,9-11H2,1-5H3,(H,22,24). The van der Waals surface area contributed by atoms with Crippen LogP contribution in [0.15, 0.2) is 23.1 Å². The van der Waals surface area contributed by atoms with Gasteiger partial charge in [-0.25, -0.2) is 13.2 Å². The van der Waals surface area contributed by atoms with Gasteiger partial charge in [0.15, 0.2) is 6.61 Å². The summed E-state index contributed by atoms with van der Waals surface area (Å²) in [6.45, 7) is 9.27. The van der Waals surface area contributed by atoms with Crippen LogP contribution in [0.1, 0.15) is 45.0 Å². The number of esters is 1. The van der Waals surface area contributed by atoms with E-state index in [1.54, 1.807) is 13.8 Å². The quantitative estimate of drug-likeness (QED) is 0.627. The Hall–Kier alpha value is -1.68. The number of sulfonamides is 1. The van der Waals surface area contributed by atoms with Crippen LogP contribution in [-0.2, 0) is 24.3 Å². The van der Waals surface area contributed by atoms with Crippen LogP contribution in [0.5, 0.6) is 0 Å². The number of halogens is 1. The minimum atomic E-state index is -3.94. The lowest BCUT2D eigenvalue weighted by Crippen LogP contribution is -2.48. The van der Waals surface area contributed by atoms with Gasteiger partial charge in [0.2, 0.25) is 10.0 Å². The van der Waals surface area contributed by atoms with Crippen molar-refractivity contribution in [3.8, 4) is 0 Å². The second-order valence-corrected chi connectivity index (χ2v) is 10.2. The van der Waals surface area contributed by atoms with Crippen LogP contribution in [0.25, 0.3) is 0 Å². The van der Waals surface area contributed by atoms with Crippen LogP contribution in [0.4, 0.5) is 0 Å². The third kappa shape index (κ3) is 6.16. The normalized spacial score (nSPS) is 21.3. The van der Waals surface area contributed by atoms with E-state index in [2.05, 4.69) is 5.32 Å². The second kappa shape index (κ2) is 10.1. The molecule has 2 rings (SSSR count). The maximum Gasteiger partial charge on any atom is 0.338 e. The zero-order valence-corrected chi connectivity index (χ0v) is 19.4. The fraction of sp³-hybridized carbons (Fsp3) is 0.600. The molecule has 8 nitrogen and oxygen atoms in total. The number of rotatable bonds is 7. The molecule has 0 bridgehead atoms. The van der Waals surface area contributed by atoms with Crippen molar-refractivity contribution in [1.29, 1.82) is 0 Å². The Bertz CT molecular complexity index is 879. The zero-order chi connectivity index (χ0) is 22.6. The third-order valence-electron chi connectivity index (χ3n) is 4.89. The van der Waals surface area contributed by atoms with Gasteiger partial charge in [0, 0.05) is 19.1 Å². The fourth-order valence-corrected chi connectivity index (χ4v) is 5.06. The summed E-state index contributed by atoms with van der Waals surface area (Å²) in [6, 6.07) is 3.81. The zero-order valence-electron chi connectivity index (χ0n) is 17.8. The van der Waals surface area contributed by atoms with Gasteiger partial charge in [0.25, 0.3) is 5.91 Å². The monoisotopic (exact) mass is 460 g/mol. The number of hydrogen-bond acceptors (Lipinski definition) is 6. The lowest BCUT2D eigenvalue weighted by Gasteiger charge is -2.34. The summed E-state index contributed by atoms with van der Waals surface area (Å²) in [7, 11) is -3.94. The van der Waals surface area contributed by atoms with E-state index in [0.29, 0.717) is 0 Å². The van der Waals surface area contributed by atoms with E-state index in [-0.39, 0.29) is 52.7 Å². The summed E-state index contributed by atoms with van der Waals surface area (Å²) in [5, 5.41) is 2.73. The van der Waals surface area contributed by atoms with Crippen LogP contribution in [0.2, 0.25) is 5.02 Å². The van der Waals surface area contributed by atoms with Crippen molar-refractivity contribution in [1.82, 2.24) is 9.62 Å². The smallest absolute Gasteiger partial charge is 0.338 e. The molecule has 3 unspecified atom stereocenters. The van der Waals surface area contributed by atoms with Gasteiger partial charge in [-0.15, -0.1) is 0 Å². The van der Waals surface area contributed by atoms with Crippen LogP contribution in [-0.4, -0.2) is 62.5 Å². The molecule has 0 saturated carbocycles. The van der Waals surface area contributed by atoms with E-state index >= 15 is 0 Å². The molecule has 0 aromatic heterocycles. The number of carbonyl (C=O) groups is 2. The Morgan fingerprint density at radius 3 is 2.40 bits per heavy atom. The molecule has 1 aromatic carbocycles. The SMILES string of the molecule is CC1CN(S(=O)(=O)c2cc(C(=O)OCC(=O)NC(C)C(C)C)ccc2Cl)CC(C)O1. The van der Waals surface area contributed by atoms with Gasteiger partial charge in [-0.05, 0) is 44.9 Å². The topological polar surface area (TPSA) is 102 Å². The van der Waals surface area contributed by atoms with Crippen LogP contribution in [0.3, 0.4) is 0 Å². The number of nitrogens with zero attached hydrogens (tertiary/aromatic N) is 1. The number of ether oxygens (including phenoxy) is 2. The number of nitrogens with one attached hydrogen (secondary N) is 1. The average molecular weight is 461 g/mol. The largest absolute Gasteiger partial charge is 0.452 e. The minimum Gasteiger partial charge on any atom is -0.452 e. The highest BCUT2D eigenvalue weighted by Crippen LogP contribution is 2.28. The summed E-state index contributed by atoms with van der Waals surface area (Å²) in [6.07, 6.45) is -0.524. The molecular formula is C20H29ClN2O6S. The first kappa shape index (κ1) is 24.6. The first-order chi connectivity index (χ1) is 13.9. The Labute approximate surface area is 182 Å². The van der Waals surface area contributed by atoms with Crippen LogP contribution >= 0.6 is 11.6 Å². The van der Waals surface area contributed by atoms with Crippen molar-refractivity contribution < 1.29 is 27.5 Å². The van der Waals surface area contributed by atoms with Crippen molar-refractivity contribution in [3.05, 3.63) is 28.8 Å². The number of benzene rings is 1. The van der Waals surface area contributed by atoms with Gasteiger partial charge in [0.05, 0.1) is 22.8 Å². The molecule has 1 fully saturated rings. The average Bonchev–Trinajstić information content (AvgIpc) is 2.65. The van der Waals surface area contributed by atoms with Crippen molar-refractivity contribution in [2.24, 2.45) is 5.92 Å². The molecule has 0 aliphatic carbocycles. The van der Waals surface area contributed by atoms with Gasteiger partial charge < -0.3 is 14.8 Å². The molecule has 168 valence electrons. The molecule has 1 aromatic rings. The molecule has 1 amide bonds. The Morgan fingerprint density at radius 2 is 1.83 bits per heavy atom. The van der Waals surface area contributed by atoms with Crippen molar-refractivity contribution in [2.45, 2.75) is 57.8 Å². The van der Waals surface area contributed by atoms with Gasteiger partial charge in [-0.3, -0.25) is 4.79 Å². The fourth-order valence-electron chi connectivity index (χ4n) is 2.97. The molecule has 10 heteroatoms. The van der Waals surface area contributed by atoms with E-state index < -0.39 is 28.5 Å². The van der Waals surface area contributed by atoms with E-state index in [9.17, 15) is 18.0 Å². The highest BCUT2D eigenvalue weighted by molar-refractivity contribution is 7.89. The molecule has 0 spiro atoms. The number of amides is 1. The summed E-state index contributed by atoms with van der Waals surface area (Å²) in [4.78, 5) is 24.1.